The number of carbonyl (C=O) groups is 3. The molecule has 0 radical (unpaired) electrons. The molecule has 14 heteroatoms. The third-order valence-corrected chi connectivity index (χ3v) is 6.22. The molecule has 0 bridgehead atoms. The maximum absolute atomic E-state index is 13.0. The number of anilines is 1. The van der Waals surface area contributed by atoms with Crippen LogP contribution in [0.25, 0.3) is 11.3 Å². The van der Waals surface area contributed by atoms with Crippen LogP contribution >= 0.6 is 0 Å². The Morgan fingerprint density at radius 3 is 2.47 bits per heavy atom. The van der Waals surface area contributed by atoms with Gasteiger partial charge in [-0.15, -0.1) is 13.2 Å². The van der Waals surface area contributed by atoms with Gasteiger partial charge < -0.3 is 30.7 Å². The summed E-state index contributed by atoms with van der Waals surface area (Å²) in [6, 6.07) is 11.3. The molecule has 1 aliphatic rings. The van der Waals surface area contributed by atoms with E-state index in [-0.39, 0.29) is 42.0 Å². The average Bonchev–Trinajstić information content (AvgIpc) is 3.40. The first-order valence-corrected chi connectivity index (χ1v) is 13.3. The molecule has 0 spiro atoms. The van der Waals surface area contributed by atoms with Crippen molar-refractivity contribution in [2.24, 2.45) is 0 Å². The van der Waals surface area contributed by atoms with Gasteiger partial charge in [0.2, 0.25) is 0 Å². The second-order valence-electron chi connectivity index (χ2n) is 10.8. The summed E-state index contributed by atoms with van der Waals surface area (Å²) in [6.45, 7) is 6.09. The van der Waals surface area contributed by atoms with E-state index in [0.29, 0.717) is 29.8 Å². The number of nitrogens with zero attached hydrogens (tertiary/aromatic N) is 3. The summed E-state index contributed by atoms with van der Waals surface area (Å²) in [5.74, 6) is -1.43. The molecule has 4 N–H and O–H groups in total. The van der Waals surface area contributed by atoms with Gasteiger partial charge in [-0.1, -0.05) is 24.3 Å². The number of ether oxygens (including phenoxy) is 2. The molecule has 2 heterocycles. The number of carbonyl (C=O) groups excluding carboxylic acids is 3. The number of rotatable bonds is 7. The summed E-state index contributed by atoms with van der Waals surface area (Å²) < 4.78 is 46.3. The van der Waals surface area contributed by atoms with Crippen LogP contribution in [0, 0.1) is 0 Å². The smallest absolute Gasteiger partial charge is 0.444 e. The van der Waals surface area contributed by atoms with E-state index in [2.05, 4.69) is 25.3 Å². The molecule has 1 aliphatic heterocycles. The van der Waals surface area contributed by atoms with E-state index in [1.165, 1.54) is 23.2 Å². The Bertz CT molecular complexity index is 1490. The summed E-state index contributed by atoms with van der Waals surface area (Å²) >= 11 is 0. The average molecular weight is 601 g/mol. The molecule has 3 amide bonds. The zero-order valence-corrected chi connectivity index (χ0v) is 23.7. The van der Waals surface area contributed by atoms with Crippen LogP contribution in [0.4, 0.5) is 23.8 Å². The molecule has 1 atom stereocenters. The quantitative estimate of drug-likeness (QED) is 0.364. The lowest BCUT2D eigenvalue weighted by atomic mass is 10.1. The lowest BCUT2D eigenvalue weighted by Gasteiger charge is -2.24. The molecule has 0 unspecified atom stereocenters. The van der Waals surface area contributed by atoms with Crippen molar-refractivity contribution in [2.45, 2.75) is 51.7 Å². The third-order valence-electron chi connectivity index (χ3n) is 6.22. The van der Waals surface area contributed by atoms with E-state index in [1.807, 2.05) is 0 Å². The van der Waals surface area contributed by atoms with Gasteiger partial charge in [-0.3, -0.25) is 9.59 Å². The van der Waals surface area contributed by atoms with Crippen LogP contribution in [0.15, 0.2) is 54.7 Å². The number of hydrogen-bond donors (Lipinski definition) is 3. The summed E-state index contributed by atoms with van der Waals surface area (Å²) in [7, 11) is 0. The molecule has 2 aromatic carbocycles. The molecule has 4 rings (SSSR count). The predicted octanol–water partition coefficient (Wildman–Crippen LogP) is 4.29. The van der Waals surface area contributed by atoms with Gasteiger partial charge >= 0.3 is 12.5 Å². The maximum Gasteiger partial charge on any atom is 0.573 e. The fourth-order valence-corrected chi connectivity index (χ4v) is 4.24. The van der Waals surface area contributed by atoms with Crippen LogP contribution in [0.2, 0.25) is 0 Å². The van der Waals surface area contributed by atoms with E-state index in [1.54, 1.807) is 45.0 Å². The maximum atomic E-state index is 13.0. The Morgan fingerprint density at radius 2 is 1.79 bits per heavy atom. The third kappa shape index (κ3) is 8.80. The predicted molar refractivity (Wildman–Crippen MR) is 150 cm³/mol. The van der Waals surface area contributed by atoms with E-state index >= 15 is 0 Å². The van der Waals surface area contributed by atoms with Crippen LogP contribution in [0.5, 0.6) is 5.75 Å². The Balaban J connectivity index is 1.38. The Labute approximate surface area is 245 Å². The van der Waals surface area contributed by atoms with Crippen molar-refractivity contribution in [3.05, 3.63) is 71.5 Å². The molecular formula is C29H31F3N6O5. The number of nitrogens with one attached hydrogen (secondary N) is 2. The number of likely N-dealkylation sites (tertiary alicyclic amines) is 1. The van der Waals surface area contributed by atoms with E-state index in [4.69, 9.17) is 10.5 Å². The summed E-state index contributed by atoms with van der Waals surface area (Å²) in [5, 5.41) is 5.55. The van der Waals surface area contributed by atoms with Gasteiger partial charge in [0.1, 0.15) is 11.4 Å². The van der Waals surface area contributed by atoms with Crippen molar-refractivity contribution in [1.29, 1.82) is 0 Å². The van der Waals surface area contributed by atoms with Crippen LogP contribution in [-0.4, -0.2) is 63.9 Å². The Kier molecular flexibility index (Phi) is 9.07. The van der Waals surface area contributed by atoms with Gasteiger partial charge in [0.25, 0.3) is 11.8 Å². The lowest BCUT2D eigenvalue weighted by molar-refractivity contribution is -0.274. The van der Waals surface area contributed by atoms with Gasteiger partial charge in [0.15, 0.2) is 11.5 Å². The largest absolute Gasteiger partial charge is 0.573 e. The number of nitrogens with two attached hydrogens (primary N) is 1. The Hall–Kier alpha value is -4.88. The van der Waals surface area contributed by atoms with E-state index in [9.17, 15) is 27.6 Å². The number of amides is 3. The minimum absolute atomic E-state index is 0.0634. The van der Waals surface area contributed by atoms with Crippen LogP contribution in [0.1, 0.15) is 53.6 Å². The molecule has 11 nitrogen and oxygen atoms in total. The second kappa shape index (κ2) is 12.5. The molecule has 3 aromatic rings. The van der Waals surface area contributed by atoms with Crippen LogP contribution < -0.4 is 21.1 Å². The van der Waals surface area contributed by atoms with Crippen LogP contribution in [0.3, 0.4) is 0 Å². The number of hydrogen-bond acceptors (Lipinski definition) is 8. The van der Waals surface area contributed by atoms with Crippen molar-refractivity contribution in [2.75, 3.05) is 18.8 Å². The second-order valence-corrected chi connectivity index (χ2v) is 10.8. The minimum Gasteiger partial charge on any atom is -0.444 e. The number of halogens is 3. The van der Waals surface area contributed by atoms with Crippen molar-refractivity contribution in [3.8, 4) is 17.0 Å². The van der Waals surface area contributed by atoms with Gasteiger partial charge in [-0.2, -0.15) is 0 Å². The van der Waals surface area contributed by atoms with Crippen molar-refractivity contribution >= 4 is 23.7 Å². The number of benzene rings is 2. The zero-order valence-electron chi connectivity index (χ0n) is 23.7. The number of alkyl halides is 3. The standard InChI is InChI=1S/C29H31F3N6O5/c1-28(2,3)43-27(41)38-12-11-20(16-38)36-26(40)23-24(33)34-15-22(37-23)18-5-4-6-19(13-18)25(39)35-14-17-7-9-21(10-8-17)42-29(30,31)32/h4-10,13,15,20H,11-12,14,16H2,1-3H3,(H2,33,34)(H,35,39)(H,36,40)/t20-/m0/s1. The van der Waals surface area contributed by atoms with Gasteiger partial charge in [-0.05, 0) is 57.0 Å². The highest BCUT2D eigenvalue weighted by Crippen LogP contribution is 2.24. The first-order valence-electron chi connectivity index (χ1n) is 13.3. The highest BCUT2D eigenvalue weighted by molar-refractivity contribution is 5.97. The van der Waals surface area contributed by atoms with E-state index in [0.717, 1.165) is 12.1 Å². The first-order chi connectivity index (χ1) is 20.2. The Morgan fingerprint density at radius 1 is 1.07 bits per heavy atom. The monoisotopic (exact) mass is 600 g/mol. The van der Waals surface area contributed by atoms with Crippen LogP contribution in [-0.2, 0) is 11.3 Å². The fourth-order valence-electron chi connectivity index (χ4n) is 4.24. The van der Waals surface area contributed by atoms with E-state index < -0.39 is 29.9 Å². The molecule has 0 saturated carbocycles. The fraction of sp³-hybridized carbons (Fsp3) is 0.345. The number of nitrogen functional groups attached to an aromatic ring is 1. The minimum atomic E-state index is -4.79. The molecular weight excluding hydrogens is 569 g/mol. The first kappa shape index (κ1) is 31.1. The SMILES string of the molecule is CC(C)(C)OC(=O)N1CC[C@H](NC(=O)c2nc(-c3cccc(C(=O)NCc4ccc(OC(F)(F)F)cc4)c3)cnc2N)C1. The van der Waals surface area contributed by atoms with Gasteiger partial charge in [0.05, 0.1) is 11.9 Å². The van der Waals surface area contributed by atoms with Crippen molar-refractivity contribution in [1.82, 2.24) is 25.5 Å². The highest BCUT2D eigenvalue weighted by atomic mass is 19.4. The molecule has 0 aliphatic carbocycles. The summed E-state index contributed by atoms with van der Waals surface area (Å²) in [4.78, 5) is 48.2. The van der Waals surface area contributed by atoms with Gasteiger partial charge in [0, 0.05) is 36.8 Å². The zero-order chi connectivity index (χ0) is 31.4. The molecule has 1 saturated heterocycles. The molecule has 1 aromatic heterocycles. The summed E-state index contributed by atoms with van der Waals surface area (Å²) in [6.07, 6.45) is -3.34. The molecule has 228 valence electrons. The number of aromatic nitrogens is 2. The molecule has 1 fully saturated rings. The topological polar surface area (TPSA) is 149 Å². The summed E-state index contributed by atoms with van der Waals surface area (Å²) in [5.41, 5.74) is 6.88. The van der Waals surface area contributed by atoms with Crippen molar-refractivity contribution in [3.63, 3.8) is 0 Å². The normalized spacial score (nSPS) is 15.1. The van der Waals surface area contributed by atoms with Crippen molar-refractivity contribution < 1.29 is 37.0 Å². The highest BCUT2D eigenvalue weighted by Gasteiger charge is 2.32. The molecule has 43 heavy (non-hydrogen) atoms. The lowest BCUT2D eigenvalue weighted by Crippen LogP contribution is -2.40. The van der Waals surface area contributed by atoms with Gasteiger partial charge in [-0.25, -0.2) is 14.8 Å².